The van der Waals surface area contributed by atoms with Gasteiger partial charge in [0.15, 0.2) is 0 Å². The van der Waals surface area contributed by atoms with Gasteiger partial charge in [-0.25, -0.2) is 8.42 Å². The molecule has 2 fully saturated rings. The largest absolute Gasteiger partial charge is 0.508 e. The number of sulfone groups is 1. The van der Waals surface area contributed by atoms with E-state index in [1.807, 2.05) is 36.4 Å². The topological polar surface area (TPSA) is 76.1 Å². The van der Waals surface area contributed by atoms with Gasteiger partial charge in [0, 0.05) is 18.2 Å². The van der Waals surface area contributed by atoms with Gasteiger partial charge >= 0.3 is 0 Å². The van der Waals surface area contributed by atoms with E-state index >= 15 is 0 Å². The van der Waals surface area contributed by atoms with Crippen molar-refractivity contribution in [1.29, 1.82) is 0 Å². The van der Waals surface area contributed by atoms with Crippen molar-refractivity contribution in [3.63, 3.8) is 0 Å². The maximum atomic E-state index is 12.1. The van der Waals surface area contributed by atoms with Crippen LogP contribution in [0.4, 0.5) is 0 Å². The van der Waals surface area contributed by atoms with Crippen LogP contribution in [0.2, 0.25) is 0 Å². The van der Waals surface area contributed by atoms with Crippen molar-refractivity contribution in [2.45, 2.75) is 56.1 Å². The third-order valence-corrected chi connectivity index (χ3v) is 9.55. The fourth-order valence-corrected chi connectivity index (χ4v) is 6.87. The first kappa shape index (κ1) is 28.5. The van der Waals surface area contributed by atoms with Crippen LogP contribution < -0.4 is 9.47 Å². The number of phenolic OH excluding ortho intramolecular Hbond substituents is 1. The highest BCUT2D eigenvalue weighted by molar-refractivity contribution is 7.91. The molecule has 3 aromatic carbocycles. The maximum absolute atomic E-state index is 12.1. The molecule has 0 bridgehead atoms. The summed E-state index contributed by atoms with van der Waals surface area (Å²) in [7, 11) is -3.02. The van der Waals surface area contributed by atoms with Crippen molar-refractivity contribution in [3.8, 4) is 23.0 Å². The van der Waals surface area contributed by atoms with Gasteiger partial charge in [-0.05, 0) is 111 Å². The van der Waals surface area contributed by atoms with Gasteiger partial charge in [0.2, 0.25) is 0 Å². The second-order valence-corrected chi connectivity index (χ2v) is 12.8. The molecule has 0 spiro atoms. The standard InChI is InChI=1S/C30H37NO5S.ClH/c1-37(33,34)27-13-5-22(6-14-27)28-15-7-23-21-24(32)8-16-29(23)30(28)36-26-11-9-25(10-12-26)35-20-19-31-17-3-2-4-18-31;/h7-12,15-16,21-22,27,32H,2-6,13-14,17-20H2,1H3;1H/t22-,27+;. The van der Waals surface area contributed by atoms with E-state index in [1.165, 1.54) is 25.5 Å². The quantitative estimate of drug-likeness (QED) is 0.331. The number of nitrogens with zero attached hydrogens (tertiary/aromatic N) is 1. The first-order chi connectivity index (χ1) is 17.9. The summed E-state index contributed by atoms with van der Waals surface area (Å²) in [6.45, 7) is 3.95. The third kappa shape index (κ3) is 6.93. The molecule has 206 valence electrons. The van der Waals surface area contributed by atoms with E-state index in [1.54, 1.807) is 12.1 Å². The van der Waals surface area contributed by atoms with Crippen molar-refractivity contribution >= 4 is 33.0 Å². The number of rotatable bonds is 8. The van der Waals surface area contributed by atoms with Crippen LogP contribution in [0.1, 0.15) is 56.4 Å². The number of ether oxygens (including phenoxy) is 2. The molecule has 1 aliphatic heterocycles. The summed E-state index contributed by atoms with van der Waals surface area (Å²) >= 11 is 0. The number of halogens is 1. The Morgan fingerprint density at radius 1 is 0.895 bits per heavy atom. The van der Waals surface area contributed by atoms with Gasteiger partial charge in [0.05, 0.1) is 5.25 Å². The van der Waals surface area contributed by atoms with Crippen LogP contribution in [-0.2, 0) is 9.84 Å². The van der Waals surface area contributed by atoms with Crippen LogP contribution >= 0.6 is 12.4 Å². The zero-order valence-corrected chi connectivity index (χ0v) is 23.6. The third-order valence-electron chi connectivity index (χ3n) is 7.87. The lowest BCUT2D eigenvalue weighted by Gasteiger charge is -2.29. The summed E-state index contributed by atoms with van der Waals surface area (Å²) in [6, 6.07) is 17.1. The van der Waals surface area contributed by atoms with Crippen LogP contribution in [-0.4, -0.2) is 56.2 Å². The van der Waals surface area contributed by atoms with Gasteiger partial charge in [-0.3, -0.25) is 4.90 Å². The van der Waals surface area contributed by atoms with Crippen LogP contribution in [0.25, 0.3) is 10.8 Å². The average Bonchev–Trinajstić information content (AvgIpc) is 2.90. The van der Waals surface area contributed by atoms with Gasteiger partial charge in [0.1, 0.15) is 39.4 Å². The minimum atomic E-state index is -3.02. The second-order valence-electron chi connectivity index (χ2n) is 10.5. The van der Waals surface area contributed by atoms with E-state index in [4.69, 9.17) is 9.47 Å². The summed E-state index contributed by atoms with van der Waals surface area (Å²) < 4.78 is 36.6. The number of aromatic hydroxyl groups is 1. The summed E-state index contributed by atoms with van der Waals surface area (Å²) in [5.41, 5.74) is 1.09. The molecule has 8 heteroatoms. The van der Waals surface area contributed by atoms with Crippen LogP contribution in [0, 0.1) is 0 Å². The van der Waals surface area contributed by atoms with Crippen molar-refractivity contribution in [1.82, 2.24) is 4.90 Å². The summed E-state index contributed by atoms with van der Waals surface area (Å²) in [4.78, 5) is 2.46. The Balaban J connectivity index is 0.00000336. The summed E-state index contributed by atoms with van der Waals surface area (Å²) in [5.74, 6) is 2.76. The molecule has 0 atom stereocenters. The molecule has 1 saturated heterocycles. The van der Waals surface area contributed by atoms with Crippen LogP contribution in [0.3, 0.4) is 0 Å². The Bertz CT molecular complexity index is 1310. The van der Waals surface area contributed by atoms with Gasteiger partial charge in [-0.2, -0.15) is 0 Å². The Morgan fingerprint density at radius 3 is 2.26 bits per heavy atom. The second kappa shape index (κ2) is 12.6. The number of piperidine rings is 1. The smallest absolute Gasteiger partial charge is 0.150 e. The highest BCUT2D eigenvalue weighted by Crippen LogP contribution is 2.44. The Hall–Kier alpha value is -2.48. The first-order valence-electron chi connectivity index (χ1n) is 13.4. The lowest BCUT2D eigenvalue weighted by Crippen LogP contribution is -2.33. The fraction of sp³-hybridized carbons (Fsp3) is 0.467. The molecule has 0 unspecified atom stereocenters. The van der Waals surface area contributed by atoms with Gasteiger partial charge in [-0.15, -0.1) is 12.4 Å². The molecule has 38 heavy (non-hydrogen) atoms. The van der Waals surface area contributed by atoms with E-state index in [0.717, 1.165) is 66.1 Å². The van der Waals surface area contributed by atoms with E-state index < -0.39 is 9.84 Å². The van der Waals surface area contributed by atoms with Gasteiger partial charge < -0.3 is 14.6 Å². The summed E-state index contributed by atoms with van der Waals surface area (Å²) in [5, 5.41) is 11.6. The Kier molecular flexibility index (Phi) is 9.45. The molecule has 1 heterocycles. The fourth-order valence-electron chi connectivity index (χ4n) is 5.74. The number of fused-ring (bicyclic) bond motifs is 1. The predicted molar refractivity (Wildman–Crippen MR) is 155 cm³/mol. The van der Waals surface area contributed by atoms with Crippen LogP contribution in [0.15, 0.2) is 54.6 Å². The predicted octanol–water partition coefficient (Wildman–Crippen LogP) is 6.70. The van der Waals surface area contributed by atoms with Crippen molar-refractivity contribution in [3.05, 3.63) is 60.2 Å². The Morgan fingerprint density at radius 2 is 1.58 bits per heavy atom. The molecule has 0 radical (unpaired) electrons. The van der Waals surface area contributed by atoms with Crippen molar-refractivity contribution < 1.29 is 23.0 Å². The molecule has 6 nitrogen and oxygen atoms in total. The maximum Gasteiger partial charge on any atom is 0.150 e. The first-order valence-corrected chi connectivity index (χ1v) is 15.4. The minimum absolute atomic E-state index is 0. The van der Waals surface area contributed by atoms with E-state index in [-0.39, 0.29) is 29.3 Å². The zero-order chi connectivity index (χ0) is 25.8. The van der Waals surface area contributed by atoms with Crippen molar-refractivity contribution in [2.24, 2.45) is 0 Å². The van der Waals surface area contributed by atoms with Gasteiger partial charge in [0.25, 0.3) is 0 Å². The highest BCUT2D eigenvalue weighted by Gasteiger charge is 2.30. The molecular weight excluding hydrogens is 522 g/mol. The van der Waals surface area contributed by atoms with E-state index in [9.17, 15) is 13.5 Å². The zero-order valence-electron chi connectivity index (χ0n) is 22.0. The minimum Gasteiger partial charge on any atom is -0.508 e. The van der Waals surface area contributed by atoms with Crippen LogP contribution in [0.5, 0.6) is 23.0 Å². The van der Waals surface area contributed by atoms with Crippen molar-refractivity contribution in [2.75, 3.05) is 32.5 Å². The monoisotopic (exact) mass is 559 g/mol. The molecule has 0 amide bonds. The highest BCUT2D eigenvalue weighted by atomic mass is 35.5. The molecule has 1 saturated carbocycles. The molecule has 3 aromatic rings. The molecule has 2 aliphatic rings. The Labute approximate surface area is 232 Å². The van der Waals surface area contributed by atoms with E-state index in [2.05, 4.69) is 11.0 Å². The molecule has 1 aliphatic carbocycles. The number of hydrogen-bond donors (Lipinski definition) is 1. The molecular formula is C30H38ClNO5S. The average molecular weight is 560 g/mol. The lowest BCUT2D eigenvalue weighted by molar-refractivity contribution is 0.183. The number of benzene rings is 3. The lowest BCUT2D eigenvalue weighted by atomic mass is 9.82. The number of likely N-dealkylation sites (tertiary alicyclic amines) is 1. The number of hydrogen-bond acceptors (Lipinski definition) is 6. The molecule has 1 N–H and O–H groups in total. The SMILES string of the molecule is CS(=O)(=O)[C@H]1CC[C@@H](c2ccc3cc(O)ccc3c2Oc2ccc(OCCN3CCCCC3)cc2)CC1.Cl. The molecule has 5 rings (SSSR count). The number of phenols is 1. The molecule has 0 aromatic heterocycles. The van der Waals surface area contributed by atoms with E-state index in [0.29, 0.717) is 19.4 Å². The normalized spacial score (nSPS) is 20.6. The summed E-state index contributed by atoms with van der Waals surface area (Å²) in [6.07, 6.45) is 8.18. The van der Waals surface area contributed by atoms with Gasteiger partial charge in [-0.1, -0.05) is 18.6 Å².